The number of carbonyl (C=O) groups is 1. The van der Waals surface area contributed by atoms with Gasteiger partial charge in [-0.05, 0) is 55.3 Å². The van der Waals surface area contributed by atoms with Gasteiger partial charge in [0.1, 0.15) is 5.82 Å². The van der Waals surface area contributed by atoms with Crippen LogP contribution in [0.5, 0.6) is 0 Å². The molecule has 1 fully saturated rings. The van der Waals surface area contributed by atoms with Crippen LogP contribution in [-0.4, -0.2) is 36.2 Å². The highest BCUT2D eigenvalue weighted by Gasteiger charge is 2.32. The molecule has 0 saturated heterocycles. The molecule has 10 heteroatoms. The fourth-order valence-corrected chi connectivity index (χ4v) is 5.71. The molecule has 6 nitrogen and oxygen atoms in total. The summed E-state index contributed by atoms with van der Waals surface area (Å²) in [5.74, 6) is -0.311. The van der Waals surface area contributed by atoms with Crippen LogP contribution in [0.4, 0.5) is 0 Å². The average molecular weight is 527 g/mol. The van der Waals surface area contributed by atoms with E-state index in [1.54, 1.807) is 42.5 Å². The summed E-state index contributed by atoms with van der Waals surface area (Å²) in [6.45, 7) is 0. The molecule has 1 aliphatic carbocycles. The summed E-state index contributed by atoms with van der Waals surface area (Å²) in [6, 6.07) is 11.4. The predicted octanol–water partition coefficient (Wildman–Crippen LogP) is 5.97. The van der Waals surface area contributed by atoms with E-state index in [0.29, 0.717) is 21.3 Å². The number of hydrogen-bond donors (Lipinski definition) is 1. The van der Waals surface area contributed by atoms with E-state index in [0.717, 1.165) is 38.4 Å². The summed E-state index contributed by atoms with van der Waals surface area (Å²) in [5.41, 5.74) is 0.752. The largest absolute Gasteiger partial charge is 0.348 e. The Kier molecular flexibility index (Phi) is 7.05. The Balaban J connectivity index is 1.95. The second-order valence-electron chi connectivity index (χ2n) is 8.11. The number of benzene rings is 2. The van der Waals surface area contributed by atoms with Gasteiger partial charge >= 0.3 is 0 Å². The average Bonchev–Trinajstić information content (AvgIpc) is 3.16. The van der Waals surface area contributed by atoms with Gasteiger partial charge in [-0.25, -0.2) is 13.4 Å². The number of imidazole rings is 1. The van der Waals surface area contributed by atoms with Gasteiger partial charge in [-0.1, -0.05) is 54.1 Å². The molecule has 0 aliphatic heterocycles. The highest BCUT2D eigenvalue weighted by Crippen LogP contribution is 2.35. The van der Waals surface area contributed by atoms with Crippen LogP contribution >= 0.6 is 34.8 Å². The van der Waals surface area contributed by atoms with Gasteiger partial charge in [0, 0.05) is 33.6 Å². The lowest BCUT2D eigenvalue weighted by atomic mass is 9.95. The normalized spacial score (nSPS) is 14.9. The zero-order valence-corrected chi connectivity index (χ0v) is 20.9. The van der Waals surface area contributed by atoms with E-state index in [-0.39, 0.29) is 27.6 Å². The number of carbonyl (C=O) groups excluding carboxylic acids is 1. The third kappa shape index (κ3) is 5.22. The standard InChI is InChI=1S/C23H22Cl3N3O3S/c1-33(31,32)23-20(22(30)27-16-5-3-2-4-6-16)28-21(18-12-9-15(25)13-19(18)26)29(23)17-10-7-14(24)8-11-17/h7-13,16H,2-6H2,1H3,(H,27,30). The van der Waals surface area contributed by atoms with Crippen LogP contribution in [0, 0.1) is 0 Å². The van der Waals surface area contributed by atoms with Crippen molar-refractivity contribution >= 4 is 50.5 Å². The summed E-state index contributed by atoms with van der Waals surface area (Å²) in [4.78, 5) is 17.8. The second-order valence-corrected chi connectivity index (χ2v) is 11.3. The van der Waals surface area contributed by atoms with Crippen molar-refractivity contribution in [3.05, 3.63) is 63.2 Å². The number of halogens is 3. The van der Waals surface area contributed by atoms with Crippen LogP contribution in [0.2, 0.25) is 15.1 Å². The van der Waals surface area contributed by atoms with Crippen LogP contribution in [-0.2, 0) is 9.84 Å². The SMILES string of the molecule is CS(=O)(=O)c1c(C(=O)NC2CCCCC2)nc(-c2ccc(Cl)cc2Cl)n1-c1ccc(Cl)cc1. The molecule has 2 aromatic carbocycles. The van der Waals surface area contributed by atoms with Crippen molar-refractivity contribution in [1.82, 2.24) is 14.9 Å². The molecule has 0 unspecified atom stereocenters. The van der Waals surface area contributed by atoms with E-state index in [1.165, 1.54) is 4.57 Å². The number of rotatable bonds is 5. The van der Waals surface area contributed by atoms with Gasteiger partial charge in [0.25, 0.3) is 5.91 Å². The summed E-state index contributed by atoms with van der Waals surface area (Å²) >= 11 is 18.6. The number of sulfone groups is 1. The summed E-state index contributed by atoms with van der Waals surface area (Å²) < 4.78 is 27.4. The van der Waals surface area contributed by atoms with Gasteiger partial charge in [-0.2, -0.15) is 0 Å². The number of hydrogen-bond acceptors (Lipinski definition) is 4. The van der Waals surface area contributed by atoms with Gasteiger partial charge in [0.15, 0.2) is 20.6 Å². The number of nitrogens with one attached hydrogen (secondary N) is 1. The molecule has 1 heterocycles. The van der Waals surface area contributed by atoms with E-state index in [9.17, 15) is 13.2 Å². The van der Waals surface area contributed by atoms with Crippen LogP contribution in [0.1, 0.15) is 42.6 Å². The quantitative estimate of drug-likeness (QED) is 0.444. The first-order valence-electron chi connectivity index (χ1n) is 10.5. The maximum atomic E-state index is 13.3. The van der Waals surface area contributed by atoms with E-state index < -0.39 is 15.7 Å². The summed E-state index contributed by atoms with van der Waals surface area (Å²) in [5, 5.41) is 3.95. The zero-order chi connectivity index (χ0) is 23.8. The fraction of sp³-hybridized carbons (Fsp3) is 0.304. The highest BCUT2D eigenvalue weighted by atomic mass is 35.5. The first-order valence-corrected chi connectivity index (χ1v) is 13.5. The minimum atomic E-state index is -3.88. The Morgan fingerprint density at radius 2 is 1.64 bits per heavy atom. The molecule has 1 saturated carbocycles. The van der Waals surface area contributed by atoms with Crippen LogP contribution in [0.15, 0.2) is 47.5 Å². The van der Waals surface area contributed by atoms with Crippen molar-refractivity contribution in [1.29, 1.82) is 0 Å². The summed E-state index contributed by atoms with van der Waals surface area (Å²) in [6.07, 6.45) is 5.94. The first-order chi connectivity index (χ1) is 15.6. The molecule has 174 valence electrons. The number of nitrogens with zero attached hydrogens (tertiary/aromatic N) is 2. The molecular formula is C23H22Cl3N3O3S. The van der Waals surface area contributed by atoms with Crippen molar-refractivity contribution in [3.63, 3.8) is 0 Å². The summed E-state index contributed by atoms with van der Waals surface area (Å²) in [7, 11) is -3.88. The predicted molar refractivity (Wildman–Crippen MR) is 131 cm³/mol. The molecular weight excluding hydrogens is 505 g/mol. The van der Waals surface area contributed by atoms with Crippen LogP contribution in [0.25, 0.3) is 17.1 Å². The molecule has 1 aromatic heterocycles. The fourth-order valence-electron chi connectivity index (χ4n) is 4.08. The molecule has 0 radical (unpaired) electrons. The maximum Gasteiger partial charge on any atom is 0.273 e. The molecule has 1 amide bonds. The number of aromatic nitrogens is 2. The van der Waals surface area contributed by atoms with E-state index in [4.69, 9.17) is 34.8 Å². The Labute approximate surface area is 207 Å². The van der Waals surface area contributed by atoms with Gasteiger partial charge in [-0.3, -0.25) is 9.36 Å². The van der Waals surface area contributed by atoms with E-state index in [1.807, 2.05) is 0 Å². The lowest BCUT2D eigenvalue weighted by molar-refractivity contribution is 0.0919. The van der Waals surface area contributed by atoms with Gasteiger partial charge in [0.05, 0.1) is 5.02 Å². The molecule has 1 aliphatic rings. The molecule has 4 rings (SSSR count). The van der Waals surface area contributed by atoms with Crippen molar-refractivity contribution in [3.8, 4) is 17.1 Å². The molecule has 33 heavy (non-hydrogen) atoms. The smallest absolute Gasteiger partial charge is 0.273 e. The molecule has 0 spiro atoms. The minimum absolute atomic E-state index is 0.0121. The monoisotopic (exact) mass is 525 g/mol. The molecule has 1 N–H and O–H groups in total. The van der Waals surface area contributed by atoms with Crippen LogP contribution in [0.3, 0.4) is 0 Å². The molecule has 0 bridgehead atoms. The third-order valence-corrected chi connectivity index (χ3v) is 7.48. The van der Waals surface area contributed by atoms with Crippen molar-refractivity contribution in [2.45, 2.75) is 43.2 Å². The Bertz CT molecular complexity index is 1300. The van der Waals surface area contributed by atoms with Crippen LogP contribution < -0.4 is 5.32 Å². The molecule has 0 atom stereocenters. The Hall–Kier alpha value is -2.06. The van der Waals surface area contributed by atoms with Gasteiger partial charge in [-0.15, -0.1) is 0 Å². The van der Waals surface area contributed by atoms with Crippen molar-refractivity contribution in [2.75, 3.05) is 6.26 Å². The maximum absolute atomic E-state index is 13.3. The van der Waals surface area contributed by atoms with Gasteiger partial charge < -0.3 is 5.32 Å². The lowest BCUT2D eigenvalue weighted by Gasteiger charge is -2.22. The zero-order valence-electron chi connectivity index (χ0n) is 17.8. The lowest BCUT2D eigenvalue weighted by Crippen LogP contribution is -2.37. The third-order valence-electron chi connectivity index (χ3n) is 5.60. The van der Waals surface area contributed by atoms with E-state index in [2.05, 4.69) is 10.3 Å². The Morgan fingerprint density at radius 1 is 1.00 bits per heavy atom. The van der Waals surface area contributed by atoms with Gasteiger partial charge in [0.2, 0.25) is 0 Å². The second kappa shape index (κ2) is 9.66. The first kappa shape index (κ1) is 24.1. The van der Waals surface area contributed by atoms with Crippen molar-refractivity contribution < 1.29 is 13.2 Å². The minimum Gasteiger partial charge on any atom is -0.348 e. The highest BCUT2D eigenvalue weighted by molar-refractivity contribution is 7.90. The molecule has 3 aromatic rings. The topological polar surface area (TPSA) is 81.1 Å². The Morgan fingerprint density at radius 3 is 2.24 bits per heavy atom. The number of amides is 1. The van der Waals surface area contributed by atoms with Crippen molar-refractivity contribution in [2.24, 2.45) is 0 Å². The van der Waals surface area contributed by atoms with E-state index >= 15 is 0 Å².